The molecule has 0 saturated heterocycles. The van der Waals surface area contributed by atoms with Crippen LogP contribution in [-0.4, -0.2) is 35.5 Å². The van der Waals surface area contributed by atoms with Gasteiger partial charge in [-0.2, -0.15) is 0 Å². The number of carbonyl (C=O) groups is 1. The van der Waals surface area contributed by atoms with Crippen molar-refractivity contribution in [2.45, 2.75) is 26.8 Å². The van der Waals surface area contributed by atoms with E-state index in [0.29, 0.717) is 11.4 Å². The molecule has 3 heterocycles. The number of rotatable bonds is 4. The fourth-order valence-electron chi connectivity index (χ4n) is 4.17. The van der Waals surface area contributed by atoms with E-state index in [1.165, 1.54) is 0 Å². The summed E-state index contributed by atoms with van der Waals surface area (Å²) in [7, 11) is 0. The summed E-state index contributed by atoms with van der Waals surface area (Å²) >= 11 is 0. The quantitative estimate of drug-likeness (QED) is 0.336. The fraction of sp³-hybridized carbons (Fsp3) is 0.174. The molecule has 0 spiro atoms. The lowest BCUT2D eigenvalue weighted by atomic mass is 10.1. The molecule has 32 heavy (non-hydrogen) atoms. The molecule has 0 unspecified atom stereocenters. The van der Waals surface area contributed by atoms with E-state index in [-0.39, 0.29) is 17.7 Å². The summed E-state index contributed by atoms with van der Waals surface area (Å²) in [6, 6.07) is 11.0. The van der Waals surface area contributed by atoms with E-state index in [4.69, 9.17) is 5.73 Å². The van der Waals surface area contributed by atoms with Gasteiger partial charge in [0.15, 0.2) is 5.82 Å². The number of benzene rings is 2. The number of nitrogens with one attached hydrogen (secondary N) is 2. The first-order valence-electron chi connectivity index (χ1n) is 10.3. The van der Waals surface area contributed by atoms with Crippen LogP contribution in [0.2, 0.25) is 0 Å². The summed E-state index contributed by atoms with van der Waals surface area (Å²) in [6.45, 7) is 6.21. The zero-order valence-electron chi connectivity index (χ0n) is 17.9. The van der Waals surface area contributed by atoms with Gasteiger partial charge in [-0.3, -0.25) is 9.88 Å². The first-order valence-corrected chi connectivity index (χ1v) is 10.3. The highest BCUT2D eigenvalue weighted by molar-refractivity contribution is 5.94. The summed E-state index contributed by atoms with van der Waals surface area (Å²) in [6.07, 6.45) is 3.91. The molecule has 2 amide bonds. The molecular formula is C23H23N7O2. The van der Waals surface area contributed by atoms with Crippen LogP contribution in [0.15, 0.2) is 48.8 Å². The molecule has 0 aliphatic rings. The minimum absolute atomic E-state index is 0.0468. The number of aromatic hydroxyl groups is 1. The second kappa shape index (κ2) is 7.16. The summed E-state index contributed by atoms with van der Waals surface area (Å²) in [5.74, 6) is 0.603. The number of urea groups is 1. The lowest BCUT2D eigenvalue weighted by Crippen LogP contribution is -2.22. The molecule has 0 fully saturated rings. The normalized spacial score (nSPS) is 11.6. The van der Waals surface area contributed by atoms with Crippen LogP contribution in [0.1, 0.15) is 25.5 Å². The van der Waals surface area contributed by atoms with Gasteiger partial charge in [-0.05, 0) is 50.6 Å². The predicted molar refractivity (Wildman–Crippen MR) is 124 cm³/mol. The lowest BCUT2D eigenvalue weighted by Gasteiger charge is -2.14. The molecule has 9 nitrogen and oxygen atoms in total. The maximum atomic E-state index is 11.7. The van der Waals surface area contributed by atoms with Gasteiger partial charge in [0, 0.05) is 40.8 Å². The van der Waals surface area contributed by atoms with Crippen LogP contribution in [0.3, 0.4) is 0 Å². The Hall–Kier alpha value is -4.27. The van der Waals surface area contributed by atoms with Gasteiger partial charge < -0.3 is 20.4 Å². The zero-order valence-corrected chi connectivity index (χ0v) is 17.9. The Morgan fingerprint density at radius 2 is 2.00 bits per heavy atom. The number of aromatic nitrogens is 5. The van der Waals surface area contributed by atoms with Crippen LogP contribution >= 0.6 is 0 Å². The third-order valence-electron chi connectivity index (χ3n) is 5.68. The van der Waals surface area contributed by atoms with Crippen LogP contribution in [0.5, 0.6) is 5.75 Å². The van der Waals surface area contributed by atoms with Crippen LogP contribution in [0.25, 0.3) is 38.9 Å². The van der Waals surface area contributed by atoms with Crippen LogP contribution in [-0.2, 0) is 0 Å². The number of aryl methyl sites for hydroxylation is 1. The lowest BCUT2D eigenvalue weighted by molar-refractivity contribution is 0.259. The van der Waals surface area contributed by atoms with Gasteiger partial charge in [0.2, 0.25) is 5.95 Å². The largest absolute Gasteiger partial charge is 0.507 e. The van der Waals surface area contributed by atoms with Gasteiger partial charge in [0.05, 0.1) is 16.8 Å². The molecule has 3 aromatic heterocycles. The number of aromatic amines is 1. The number of phenolic OH excluding ortho intramolecular Hbond substituents is 1. The number of amides is 2. The number of carbonyl (C=O) groups excluding carboxylic acids is 1. The minimum atomic E-state index is -0.752. The van der Waals surface area contributed by atoms with Crippen molar-refractivity contribution < 1.29 is 9.90 Å². The number of nitrogens with two attached hydrogens (primary N) is 1. The number of phenols is 1. The predicted octanol–water partition coefficient (Wildman–Crippen LogP) is 4.46. The molecule has 0 bridgehead atoms. The van der Waals surface area contributed by atoms with E-state index in [0.717, 1.165) is 33.1 Å². The second-order valence-electron chi connectivity index (χ2n) is 8.09. The molecule has 0 radical (unpaired) electrons. The first-order chi connectivity index (χ1) is 15.3. The maximum absolute atomic E-state index is 11.7. The molecule has 162 valence electrons. The minimum Gasteiger partial charge on any atom is -0.507 e. The van der Waals surface area contributed by atoms with Crippen LogP contribution in [0.4, 0.5) is 10.7 Å². The summed E-state index contributed by atoms with van der Waals surface area (Å²) in [5.41, 5.74) is 9.54. The van der Waals surface area contributed by atoms with Gasteiger partial charge in [-0.15, -0.1) is 10.2 Å². The smallest absolute Gasteiger partial charge is 0.319 e. The summed E-state index contributed by atoms with van der Waals surface area (Å²) in [5, 5.41) is 23.7. The van der Waals surface area contributed by atoms with Crippen molar-refractivity contribution in [3.05, 3.63) is 54.4 Å². The fourth-order valence-corrected chi connectivity index (χ4v) is 4.17. The number of hydrogen-bond acceptors (Lipinski definition) is 4. The van der Waals surface area contributed by atoms with Crippen molar-refractivity contribution in [2.24, 2.45) is 5.73 Å². The molecule has 0 aliphatic carbocycles. The van der Waals surface area contributed by atoms with Crippen molar-refractivity contribution >= 4 is 33.8 Å². The van der Waals surface area contributed by atoms with Crippen molar-refractivity contribution in [1.82, 2.24) is 24.3 Å². The van der Waals surface area contributed by atoms with Gasteiger partial charge in [-0.25, -0.2) is 4.79 Å². The SMILES string of the molecule is Cc1c[nH]c2cc(O)c(-c3nnc(NC(N)=O)n3-c3cccc4c3ccn4C(C)C)cc12. The Morgan fingerprint density at radius 3 is 2.75 bits per heavy atom. The maximum Gasteiger partial charge on any atom is 0.319 e. The van der Waals surface area contributed by atoms with Crippen molar-refractivity contribution in [3.63, 3.8) is 0 Å². The van der Waals surface area contributed by atoms with E-state index in [2.05, 4.69) is 38.9 Å². The van der Waals surface area contributed by atoms with Gasteiger partial charge >= 0.3 is 6.03 Å². The molecule has 5 N–H and O–H groups in total. The molecule has 5 rings (SSSR count). The Kier molecular flexibility index (Phi) is 4.40. The number of primary amides is 1. The Bertz CT molecular complexity index is 1490. The Morgan fingerprint density at radius 1 is 1.19 bits per heavy atom. The molecule has 5 aromatic rings. The van der Waals surface area contributed by atoms with Crippen LogP contribution < -0.4 is 11.1 Å². The van der Waals surface area contributed by atoms with E-state index < -0.39 is 6.03 Å². The average molecular weight is 429 g/mol. The first kappa shape index (κ1) is 19.7. The Labute approximate surface area is 183 Å². The molecule has 2 aromatic carbocycles. The number of nitrogens with zero attached hydrogens (tertiary/aromatic N) is 4. The number of fused-ring (bicyclic) bond motifs is 2. The van der Waals surface area contributed by atoms with E-state index in [1.54, 1.807) is 10.6 Å². The van der Waals surface area contributed by atoms with E-state index >= 15 is 0 Å². The number of hydrogen-bond donors (Lipinski definition) is 4. The summed E-state index contributed by atoms with van der Waals surface area (Å²) in [4.78, 5) is 14.8. The number of H-pyrrole nitrogens is 1. The highest BCUT2D eigenvalue weighted by Crippen LogP contribution is 2.37. The van der Waals surface area contributed by atoms with Gasteiger partial charge in [0.25, 0.3) is 0 Å². The average Bonchev–Trinajstić information content (AvgIpc) is 3.44. The molecule has 0 aliphatic heterocycles. The molecular weight excluding hydrogens is 406 g/mol. The van der Waals surface area contributed by atoms with Gasteiger partial charge in [0.1, 0.15) is 5.75 Å². The monoisotopic (exact) mass is 429 g/mol. The van der Waals surface area contributed by atoms with E-state index in [9.17, 15) is 9.90 Å². The standard InChI is InChI=1S/C23H23N7O2/c1-12(2)29-8-7-14-18(29)5-4-6-19(14)30-21(27-28-23(30)26-22(24)32)16-9-15-13(3)11-25-17(15)10-20(16)31/h4-12,25,31H,1-3H3,(H3,24,26,28,32). The third-order valence-corrected chi connectivity index (χ3v) is 5.68. The van der Waals surface area contributed by atoms with Crippen LogP contribution in [0, 0.1) is 6.92 Å². The van der Waals surface area contributed by atoms with Crippen molar-refractivity contribution in [1.29, 1.82) is 0 Å². The van der Waals surface area contributed by atoms with E-state index in [1.807, 2.05) is 49.6 Å². The highest BCUT2D eigenvalue weighted by Gasteiger charge is 2.22. The third kappa shape index (κ3) is 2.97. The second-order valence-corrected chi connectivity index (χ2v) is 8.09. The number of anilines is 1. The van der Waals surface area contributed by atoms with Crippen molar-refractivity contribution in [3.8, 4) is 22.8 Å². The molecule has 0 atom stereocenters. The highest BCUT2D eigenvalue weighted by atomic mass is 16.3. The molecule has 0 saturated carbocycles. The van der Waals surface area contributed by atoms with Crippen molar-refractivity contribution in [2.75, 3.05) is 5.32 Å². The topological polar surface area (TPSA) is 127 Å². The van der Waals surface area contributed by atoms with Gasteiger partial charge in [-0.1, -0.05) is 6.07 Å². The molecule has 9 heteroatoms. The summed E-state index contributed by atoms with van der Waals surface area (Å²) < 4.78 is 3.87. The Balaban J connectivity index is 1.81. The zero-order chi connectivity index (χ0) is 22.6.